The number of rotatable bonds is 3. The van der Waals surface area contributed by atoms with Crippen molar-refractivity contribution in [3.63, 3.8) is 0 Å². The summed E-state index contributed by atoms with van der Waals surface area (Å²) in [7, 11) is 0. The first-order valence-electron chi connectivity index (χ1n) is 3.51. The lowest BCUT2D eigenvalue weighted by atomic mass is 10.0. The van der Waals surface area contributed by atoms with Crippen LogP contribution in [-0.4, -0.2) is 17.2 Å². The minimum Gasteiger partial charge on any atom is -0.465 e. The van der Waals surface area contributed by atoms with Gasteiger partial charge in [-0.2, -0.15) is 0 Å². The highest BCUT2D eigenvalue weighted by atomic mass is 16.4. The number of carboxylic acid groups (broad SMARTS) is 1. The van der Waals surface area contributed by atoms with Crippen LogP contribution in [0.1, 0.15) is 20.3 Å². The summed E-state index contributed by atoms with van der Waals surface area (Å²) in [5.74, 6) is 2.78. The standard InChI is InChI=1S/C8H13NO2/c1-4-7(5-6(2)3)9-8(10)11/h1,6-7,9H,5H2,2-3H3,(H,10,11). The lowest BCUT2D eigenvalue weighted by molar-refractivity contribution is 0.191. The van der Waals surface area contributed by atoms with Crippen molar-refractivity contribution < 1.29 is 9.90 Å². The van der Waals surface area contributed by atoms with Gasteiger partial charge in [0.2, 0.25) is 0 Å². The van der Waals surface area contributed by atoms with Crippen LogP contribution in [0.15, 0.2) is 0 Å². The molecule has 0 aliphatic heterocycles. The van der Waals surface area contributed by atoms with Crippen molar-refractivity contribution in [3.05, 3.63) is 0 Å². The summed E-state index contributed by atoms with van der Waals surface area (Å²) in [4.78, 5) is 10.1. The molecular weight excluding hydrogens is 142 g/mol. The lowest BCUT2D eigenvalue weighted by Gasteiger charge is -2.11. The largest absolute Gasteiger partial charge is 0.465 e. The monoisotopic (exact) mass is 155 g/mol. The molecule has 0 aromatic rings. The molecule has 0 rings (SSSR count). The van der Waals surface area contributed by atoms with E-state index in [2.05, 4.69) is 11.2 Å². The Morgan fingerprint density at radius 3 is 2.55 bits per heavy atom. The molecule has 3 nitrogen and oxygen atoms in total. The van der Waals surface area contributed by atoms with Crippen molar-refractivity contribution in [2.75, 3.05) is 0 Å². The van der Waals surface area contributed by atoms with Crippen molar-refractivity contribution in [1.29, 1.82) is 0 Å². The maximum atomic E-state index is 10.1. The van der Waals surface area contributed by atoms with E-state index in [-0.39, 0.29) is 6.04 Å². The zero-order valence-electron chi connectivity index (χ0n) is 6.79. The average molecular weight is 155 g/mol. The third kappa shape index (κ3) is 5.28. The second kappa shape index (κ2) is 4.62. The molecule has 1 atom stereocenters. The number of terminal acetylenes is 1. The van der Waals surface area contributed by atoms with E-state index in [0.29, 0.717) is 12.3 Å². The molecule has 0 radical (unpaired) electrons. The van der Waals surface area contributed by atoms with Gasteiger partial charge in [0.05, 0.1) is 6.04 Å². The third-order valence-corrected chi connectivity index (χ3v) is 1.21. The molecule has 0 aliphatic carbocycles. The van der Waals surface area contributed by atoms with Gasteiger partial charge < -0.3 is 10.4 Å². The van der Waals surface area contributed by atoms with Crippen LogP contribution in [0.3, 0.4) is 0 Å². The van der Waals surface area contributed by atoms with Crippen molar-refractivity contribution in [1.82, 2.24) is 5.32 Å². The molecule has 3 heteroatoms. The first-order chi connectivity index (χ1) is 5.06. The number of nitrogens with one attached hydrogen (secondary N) is 1. The molecule has 2 N–H and O–H groups in total. The maximum absolute atomic E-state index is 10.1. The van der Waals surface area contributed by atoms with E-state index in [1.54, 1.807) is 0 Å². The fraction of sp³-hybridized carbons (Fsp3) is 0.625. The maximum Gasteiger partial charge on any atom is 0.405 e. The van der Waals surface area contributed by atoms with Crippen LogP contribution < -0.4 is 5.32 Å². The zero-order chi connectivity index (χ0) is 8.85. The summed E-state index contributed by atoms with van der Waals surface area (Å²) < 4.78 is 0. The predicted octanol–water partition coefficient (Wildman–Crippen LogP) is 1.30. The number of hydrogen-bond acceptors (Lipinski definition) is 1. The Bertz CT molecular complexity index is 169. The number of carbonyl (C=O) groups is 1. The molecule has 0 saturated carbocycles. The Kier molecular flexibility index (Phi) is 4.12. The normalized spacial score (nSPS) is 12.2. The van der Waals surface area contributed by atoms with E-state index < -0.39 is 6.09 Å². The quantitative estimate of drug-likeness (QED) is 0.603. The van der Waals surface area contributed by atoms with Gasteiger partial charge >= 0.3 is 6.09 Å². The fourth-order valence-electron chi connectivity index (χ4n) is 0.789. The van der Waals surface area contributed by atoms with E-state index in [4.69, 9.17) is 11.5 Å². The van der Waals surface area contributed by atoms with Crippen molar-refractivity contribution in [2.24, 2.45) is 5.92 Å². The van der Waals surface area contributed by atoms with Crippen LogP contribution in [-0.2, 0) is 0 Å². The number of amides is 1. The van der Waals surface area contributed by atoms with Crippen LogP contribution in [0.25, 0.3) is 0 Å². The van der Waals surface area contributed by atoms with E-state index in [1.165, 1.54) is 0 Å². The highest BCUT2D eigenvalue weighted by Crippen LogP contribution is 2.03. The second-order valence-corrected chi connectivity index (χ2v) is 2.80. The molecule has 1 amide bonds. The van der Waals surface area contributed by atoms with E-state index in [1.807, 2.05) is 13.8 Å². The molecule has 0 saturated heterocycles. The Hall–Kier alpha value is -1.17. The molecule has 0 aromatic heterocycles. The molecule has 62 valence electrons. The fourth-order valence-corrected chi connectivity index (χ4v) is 0.789. The van der Waals surface area contributed by atoms with Crippen LogP contribution in [0.4, 0.5) is 4.79 Å². The minimum atomic E-state index is -1.06. The van der Waals surface area contributed by atoms with Crippen LogP contribution >= 0.6 is 0 Å². The molecular formula is C8H13NO2. The van der Waals surface area contributed by atoms with Crippen LogP contribution in [0, 0.1) is 18.3 Å². The van der Waals surface area contributed by atoms with Gasteiger partial charge in [0.25, 0.3) is 0 Å². The van der Waals surface area contributed by atoms with Gasteiger partial charge in [-0.25, -0.2) is 4.79 Å². The predicted molar refractivity (Wildman–Crippen MR) is 43.2 cm³/mol. The molecule has 0 fully saturated rings. The summed E-state index contributed by atoms with van der Waals surface area (Å²) in [5, 5.41) is 10.6. The van der Waals surface area contributed by atoms with Gasteiger partial charge in [0.15, 0.2) is 0 Å². The SMILES string of the molecule is C#CC(CC(C)C)NC(=O)O. The first-order valence-corrected chi connectivity index (χ1v) is 3.51. The van der Waals surface area contributed by atoms with Gasteiger partial charge in [0.1, 0.15) is 0 Å². The van der Waals surface area contributed by atoms with Gasteiger partial charge in [-0.1, -0.05) is 19.8 Å². The smallest absolute Gasteiger partial charge is 0.405 e. The van der Waals surface area contributed by atoms with Crippen LogP contribution in [0.2, 0.25) is 0 Å². The highest BCUT2D eigenvalue weighted by molar-refractivity contribution is 5.65. The van der Waals surface area contributed by atoms with E-state index >= 15 is 0 Å². The summed E-state index contributed by atoms with van der Waals surface area (Å²) in [5.41, 5.74) is 0. The Morgan fingerprint density at radius 1 is 1.73 bits per heavy atom. The highest BCUT2D eigenvalue weighted by Gasteiger charge is 2.08. The second-order valence-electron chi connectivity index (χ2n) is 2.80. The number of hydrogen-bond donors (Lipinski definition) is 2. The summed E-state index contributed by atoms with van der Waals surface area (Å²) in [6.07, 6.45) is 4.72. The average Bonchev–Trinajstić information content (AvgIpc) is 1.84. The van der Waals surface area contributed by atoms with Crippen molar-refractivity contribution >= 4 is 6.09 Å². The first kappa shape index (κ1) is 9.83. The molecule has 0 aliphatic rings. The van der Waals surface area contributed by atoms with Crippen LogP contribution in [0.5, 0.6) is 0 Å². The summed E-state index contributed by atoms with van der Waals surface area (Å²) >= 11 is 0. The molecule has 0 bridgehead atoms. The topological polar surface area (TPSA) is 49.3 Å². The van der Waals surface area contributed by atoms with Crippen molar-refractivity contribution in [2.45, 2.75) is 26.3 Å². The zero-order valence-corrected chi connectivity index (χ0v) is 6.79. The molecule has 0 heterocycles. The molecule has 0 aromatic carbocycles. The Morgan fingerprint density at radius 2 is 2.27 bits per heavy atom. The third-order valence-electron chi connectivity index (χ3n) is 1.21. The van der Waals surface area contributed by atoms with E-state index in [0.717, 1.165) is 0 Å². The minimum absolute atomic E-state index is 0.354. The molecule has 1 unspecified atom stereocenters. The van der Waals surface area contributed by atoms with Gasteiger partial charge in [0, 0.05) is 0 Å². The van der Waals surface area contributed by atoms with Gasteiger partial charge in [-0.15, -0.1) is 6.42 Å². The van der Waals surface area contributed by atoms with Crippen molar-refractivity contribution in [3.8, 4) is 12.3 Å². The van der Waals surface area contributed by atoms with Gasteiger partial charge in [-0.05, 0) is 12.3 Å². The molecule has 11 heavy (non-hydrogen) atoms. The molecule has 0 spiro atoms. The van der Waals surface area contributed by atoms with Gasteiger partial charge in [-0.3, -0.25) is 0 Å². The summed E-state index contributed by atoms with van der Waals surface area (Å²) in [6.45, 7) is 3.99. The van der Waals surface area contributed by atoms with E-state index in [9.17, 15) is 4.79 Å². The Balaban J connectivity index is 3.79. The summed E-state index contributed by atoms with van der Waals surface area (Å²) in [6, 6.07) is -0.354. The Labute approximate surface area is 66.8 Å². The lowest BCUT2D eigenvalue weighted by Crippen LogP contribution is -2.33.